The van der Waals surface area contributed by atoms with Crippen molar-refractivity contribution in [2.75, 3.05) is 19.8 Å². The highest BCUT2D eigenvalue weighted by atomic mass is 32.2. The number of nitrogens with one attached hydrogen (secondary N) is 2. The molecule has 0 fully saturated rings. The third kappa shape index (κ3) is 6.95. The Kier molecular flexibility index (Phi) is 9.07. The van der Waals surface area contributed by atoms with Gasteiger partial charge < -0.3 is 9.84 Å². The second-order valence-corrected chi connectivity index (χ2v) is 8.28. The van der Waals surface area contributed by atoms with E-state index in [0.717, 1.165) is 12.8 Å². The fourth-order valence-corrected chi connectivity index (χ4v) is 4.20. The third-order valence-corrected chi connectivity index (χ3v) is 5.91. The van der Waals surface area contributed by atoms with Crippen LogP contribution >= 0.6 is 7.82 Å². The van der Waals surface area contributed by atoms with Crippen LogP contribution in [0, 0.1) is 0 Å². The first-order chi connectivity index (χ1) is 12.3. The first-order valence-electron chi connectivity index (χ1n) is 8.26. The lowest BCUT2D eigenvalue weighted by Crippen LogP contribution is -2.39. The van der Waals surface area contributed by atoms with Crippen LogP contribution in [0.25, 0.3) is 0 Å². The molecule has 0 aromatic heterocycles. The molecule has 1 aromatic rings. The van der Waals surface area contributed by atoms with Crippen LogP contribution in [0.3, 0.4) is 0 Å². The fourth-order valence-electron chi connectivity index (χ4n) is 1.87. The number of rotatable bonds is 11. The Morgan fingerprint density at radius 2 is 1.73 bits per heavy atom. The molecule has 1 rings (SSSR count). The van der Waals surface area contributed by atoms with Gasteiger partial charge in [0.1, 0.15) is 4.90 Å². The van der Waals surface area contributed by atoms with Crippen molar-refractivity contribution in [2.45, 2.75) is 38.5 Å². The number of carbonyl (C=O) groups is 1. The normalized spacial score (nSPS) is 11.8. The Labute approximate surface area is 154 Å². The van der Waals surface area contributed by atoms with Gasteiger partial charge in [-0.15, -0.1) is 0 Å². The first kappa shape index (κ1) is 22.4. The highest BCUT2D eigenvalue weighted by Gasteiger charge is 2.31. The van der Waals surface area contributed by atoms with Gasteiger partial charge in [-0.1, -0.05) is 25.5 Å². The SMILES string of the molecule is CCCCNC(=O)NS(=O)(=O)c1ccccc1OP(=O)(OCC)OCC. The summed E-state index contributed by atoms with van der Waals surface area (Å²) in [6.45, 7) is 5.58. The number of hydrogen-bond donors (Lipinski definition) is 2. The number of urea groups is 1. The lowest BCUT2D eigenvalue weighted by Gasteiger charge is -2.19. The van der Waals surface area contributed by atoms with Crippen LogP contribution in [0.2, 0.25) is 0 Å². The zero-order chi connectivity index (χ0) is 19.6. The standard InChI is InChI=1S/C15H25N2O7PS/c1-4-7-12-16-15(18)17-26(20,21)14-11-9-8-10-13(14)24-25(19,22-5-2)23-6-3/h8-11H,4-7,12H2,1-3H3,(H2,16,17,18). The Morgan fingerprint density at radius 1 is 1.12 bits per heavy atom. The molecule has 26 heavy (non-hydrogen) atoms. The van der Waals surface area contributed by atoms with E-state index < -0.39 is 23.9 Å². The van der Waals surface area contributed by atoms with E-state index in [0.29, 0.717) is 6.54 Å². The summed E-state index contributed by atoms with van der Waals surface area (Å²) in [5.41, 5.74) is 0. The molecule has 2 amide bonds. The Bertz CT molecular complexity index is 729. The summed E-state index contributed by atoms with van der Waals surface area (Å²) >= 11 is 0. The number of para-hydroxylation sites is 1. The zero-order valence-corrected chi connectivity index (χ0v) is 16.8. The van der Waals surface area contributed by atoms with Crippen LogP contribution in [0.5, 0.6) is 5.75 Å². The maximum Gasteiger partial charge on any atom is 0.530 e. The Morgan fingerprint density at radius 3 is 2.31 bits per heavy atom. The second-order valence-electron chi connectivity index (χ2n) is 5.04. The molecule has 9 nitrogen and oxygen atoms in total. The summed E-state index contributed by atoms with van der Waals surface area (Å²) in [5, 5.41) is 2.44. The molecule has 0 aliphatic heterocycles. The van der Waals surface area contributed by atoms with Gasteiger partial charge in [0.25, 0.3) is 10.0 Å². The molecule has 0 bridgehead atoms. The number of sulfonamides is 1. The summed E-state index contributed by atoms with van der Waals surface area (Å²) in [7, 11) is -8.24. The van der Waals surface area contributed by atoms with Gasteiger partial charge in [0.15, 0.2) is 5.75 Å². The molecule has 2 N–H and O–H groups in total. The van der Waals surface area contributed by atoms with Gasteiger partial charge in [-0.25, -0.2) is 22.5 Å². The minimum Gasteiger partial charge on any atom is -0.403 e. The molecule has 0 saturated heterocycles. The van der Waals surface area contributed by atoms with E-state index in [1.807, 2.05) is 11.6 Å². The van der Waals surface area contributed by atoms with Crippen molar-refractivity contribution >= 4 is 23.9 Å². The van der Waals surface area contributed by atoms with Crippen molar-refractivity contribution in [3.05, 3.63) is 24.3 Å². The van der Waals surface area contributed by atoms with E-state index in [9.17, 15) is 17.8 Å². The monoisotopic (exact) mass is 408 g/mol. The largest absolute Gasteiger partial charge is 0.530 e. The van der Waals surface area contributed by atoms with Gasteiger partial charge in [0.2, 0.25) is 0 Å². The molecule has 0 radical (unpaired) electrons. The number of hydrogen-bond acceptors (Lipinski definition) is 7. The minimum absolute atomic E-state index is 0.0459. The molecule has 0 unspecified atom stereocenters. The highest BCUT2D eigenvalue weighted by Crippen LogP contribution is 2.50. The average molecular weight is 408 g/mol. The zero-order valence-electron chi connectivity index (χ0n) is 15.1. The van der Waals surface area contributed by atoms with Crippen LogP contribution in [0.15, 0.2) is 29.2 Å². The summed E-state index contributed by atoms with van der Waals surface area (Å²) in [5.74, 6) is -0.244. The van der Waals surface area contributed by atoms with Crippen molar-refractivity contribution in [3.8, 4) is 5.75 Å². The molecule has 148 valence electrons. The second kappa shape index (κ2) is 10.5. The molecule has 0 heterocycles. The quantitative estimate of drug-likeness (QED) is 0.426. The van der Waals surface area contributed by atoms with E-state index in [-0.39, 0.29) is 23.9 Å². The topological polar surface area (TPSA) is 120 Å². The molecule has 0 saturated carbocycles. The molecule has 0 spiro atoms. The smallest absolute Gasteiger partial charge is 0.403 e. The number of amides is 2. The van der Waals surface area contributed by atoms with E-state index in [1.165, 1.54) is 24.3 Å². The van der Waals surface area contributed by atoms with Crippen LogP contribution < -0.4 is 14.6 Å². The van der Waals surface area contributed by atoms with Crippen LogP contribution in [-0.4, -0.2) is 34.2 Å². The molecular formula is C15H25N2O7PS. The van der Waals surface area contributed by atoms with Gasteiger partial charge >= 0.3 is 13.9 Å². The lowest BCUT2D eigenvalue weighted by molar-refractivity contribution is 0.166. The highest BCUT2D eigenvalue weighted by molar-refractivity contribution is 7.90. The van der Waals surface area contributed by atoms with E-state index in [1.54, 1.807) is 13.8 Å². The van der Waals surface area contributed by atoms with Crippen LogP contribution in [0.1, 0.15) is 33.6 Å². The summed E-state index contributed by atoms with van der Waals surface area (Å²) in [6.07, 6.45) is 1.58. The van der Waals surface area contributed by atoms with Gasteiger partial charge in [-0.05, 0) is 32.4 Å². The number of phosphoric ester groups is 1. The third-order valence-electron chi connectivity index (χ3n) is 2.97. The summed E-state index contributed by atoms with van der Waals surface area (Å²) in [4.78, 5) is 11.4. The number of carbonyl (C=O) groups excluding carboxylic acids is 1. The molecule has 0 atom stereocenters. The maximum atomic E-state index is 12.5. The Balaban J connectivity index is 3.03. The van der Waals surface area contributed by atoms with Gasteiger partial charge in [0, 0.05) is 6.54 Å². The van der Waals surface area contributed by atoms with E-state index in [4.69, 9.17) is 13.6 Å². The number of unbranched alkanes of at least 4 members (excludes halogenated alkanes) is 1. The Hall–Kier alpha value is -1.61. The van der Waals surface area contributed by atoms with Crippen molar-refractivity contribution in [3.63, 3.8) is 0 Å². The molecule has 0 aliphatic carbocycles. The lowest BCUT2D eigenvalue weighted by atomic mass is 10.3. The predicted octanol–water partition coefficient (Wildman–Crippen LogP) is 3.03. The molecule has 0 aliphatic rings. The predicted molar refractivity (Wildman–Crippen MR) is 96.6 cm³/mol. The van der Waals surface area contributed by atoms with Crippen molar-refractivity contribution in [1.29, 1.82) is 0 Å². The fraction of sp³-hybridized carbons (Fsp3) is 0.533. The van der Waals surface area contributed by atoms with E-state index >= 15 is 0 Å². The van der Waals surface area contributed by atoms with Crippen LogP contribution in [0.4, 0.5) is 4.79 Å². The van der Waals surface area contributed by atoms with Crippen molar-refractivity contribution in [1.82, 2.24) is 10.0 Å². The average Bonchev–Trinajstić information content (AvgIpc) is 2.55. The van der Waals surface area contributed by atoms with Crippen molar-refractivity contribution < 1.29 is 31.3 Å². The van der Waals surface area contributed by atoms with Crippen LogP contribution in [-0.2, 0) is 23.6 Å². The molecular weight excluding hydrogens is 383 g/mol. The first-order valence-corrected chi connectivity index (χ1v) is 11.2. The summed E-state index contributed by atoms with van der Waals surface area (Å²) in [6, 6.07) is 4.61. The minimum atomic E-state index is -4.25. The molecule has 1 aromatic carbocycles. The van der Waals surface area contributed by atoms with E-state index in [2.05, 4.69) is 5.32 Å². The summed E-state index contributed by atoms with van der Waals surface area (Å²) < 4.78 is 54.6. The maximum absolute atomic E-state index is 12.5. The number of phosphoric acid groups is 1. The van der Waals surface area contributed by atoms with Gasteiger partial charge in [0.05, 0.1) is 13.2 Å². The van der Waals surface area contributed by atoms with Gasteiger partial charge in [-0.3, -0.25) is 9.05 Å². The molecule has 11 heteroatoms. The van der Waals surface area contributed by atoms with Gasteiger partial charge in [-0.2, -0.15) is 0 Å². The number of benzene rings is 1. The van der Waals surface area contributed by atoms with Crippen molar-refractivity contribution in [2.24, 2.45) is 0 Å².